The molecular weight excluding hydrogens is 323 g/mol. The predicted octanol–water partition coefficient (Wildman–Crippen LogP) is 3.68. The Hall–Kier alpha value is -1.52. The van der Waals surface area contributed by atoms with Crippen LogP contribution in [-0.2, 0) is 10.2 Å². The van der Waals surface area contributed by atoms with Crippen LogP contribution < -0.4 is 10.1 Å². The number of halogens is 2. The largest absolute Gasteiger partial charge is 0.492 e. The van der Waals surface area contributed by atoms with Crippen LogP contribution in [0.5, 0.6) is 5.75 Å². The highest BCUT2D eigenvalue weighted by Crippen LogP contribution is 2.40. The Morgan fingerprint density at radius 2 is 2.18 bits per heavy atom. The lowest BCUT2D eigenvalue weighted by Crippen LogP contribution is -2.35. The molecule has 0 saturated heterocycles. The normalized spacial score (nSPS) is 23.7. The van der Waals surface area contributed by atoms with Gasteiger partial charge in [-0.1, -0.05) is 49.2 Å². The Bertz CT molecular complexity index is 681. The summed E-state index contributed by atoms with van der Waals surface area (Å²) in [5.41, 5.74) is 1.77. The first-order chi connectivity index (χ1) is 10.3. The first-order valence-corrected chi connectivity index (χ1v) is 7.73. The summed E-state index contributed by atoms with van der Waals surface area (Å²) in [7, 11) is 0. The molecule has 2 aliphatic rings. The molecule has 116 valence electrons. The second-order valence-corrected chi connectivity index (χ2v) is 7.45. The Balaban J connectivity index is 1.79. The molecule has 0 bridgehead atoms. The second-order valence-electron chi connectivity index (χ2n) is 6.10. The summed E-state index contributed by atoms with van der Waals surface area (Å²) in [5.74, 6) is -0.259. The Labute approximate surface area is 139 Å². The molecule has 0 aliphatic carbocycles. The number of fused-ring (bicyclic) bond motifs is 1. The molecule has 1 unspecified atom stereocenters. The lowest BCUT2D eigenvalue weighted by molar-refractivity contribution is -0.118. The molecule has 1 aromatic rings. The third kappa shape index (κ3) is 2.73. The summed E-state index contributed by atoms with van der Waals surface area (Å²) in [6, 6.07) is 5.65. The molecular formula is C16H16Cl2N2O2. The number of anilines is 1. The van der Waals surface area contributed by atoms with E-state index < -0.39 is 10.4 Å². The van der Waals surface area contributed by atoms with Gasteiger partial charge in [-0.25, -0.2) is 0 Å². The van der Waals surface area contributed by atoms with E-state index in [9.17, 15) is 4.79 Å². The van der Waals surface area contributed by atoms with Crippen LogP contribution in [0.15, 0.2) is 35.3 Å². The number of aliphatic imine (C=N–C) groups is 1. The van der Waals surface area contributed by atoms with Gasteiger partial charge in [0.05, 0.1) is 6.61 Å². The number of nitrogens with zero attached hydrogens (tertiary/aromatic N) is 1. The van der Waals surface area contributed by atoms with Crippen molar-refractivity contribution in [3.8, 4) is 5.75 Å². The number of nitrogens with one attached hydrogen (secondary N) is 1. The monoisotopic (exact) mass is 338 g/mol. The number of hydrogen-bond acceptors (Lipinski definition) is 3. The lowest BCUT2D eigenvalue weighted by Gasteiger charge is -2.24. The molecule has 0 fully saturated rings. The molecule has 1 amide bonds. The summed E-state index contributed by atoms with van der Waals surface area (Å²) >= 11 is 12.1. The number of dihydropyridines is 1. The van der Waals surface area contributed by atoms with Crippen molar-refractivity contribution in [2.75, 3.05) is 11.9 Å². The zero-order chi connectivity index (χ0) is 16.0. The summed E-state index contributed by atoms with van der Waals surface area (Å²) in [5, 5.41) is 2.81. The third-order valence-corrected chi connectivity index (χ3v) is 4.53. The molecule has 3 rings (SSSR count). The Kier molecular flexibility index (Phi) is 3.69. The van der Waals surface area contributed by atoms with E-state index in [0.29, 0.717) is 12.3 Å². The van der Waals surface area contributed by atoms with Gasteiger partial charge in [0, 0.05) is 28.9 Å². The molecule has 6 heteroatoms. The minimum absolute atomic E-state index is 0.0138. The molecule has 0 aromatic heterocycles. The third-order valence-electron chi connectivity index (χ3n) is 3.86. The van der Waals surface area contributed by atoms with E-state index in [1.54, 1.807) is 12.2 Å². The van der Waals surface area contributed by atoms with Crippen molar-refractivity contribution in [2.45, 2.75) is 23.7 Å². The van der Waals surface area contributed by atoms with Gasteiger partial charge in [-0.2, -0.15) is 0 Å². The van der Waals surface area contributed by atoms with E-state index in [0.717, 1.165) is 11.3 Å². The number of ether oxygens (including phenoxy) is 1. The first kappa shape index (κ1) is 15.4. The second kappa shape index (κ2) is 5.28. The molecule has 1 atom stereocenters. The van der Waals surface area contributed by atoms with E-state index in [1.165, 1.54) is 6.21 Å². The molecule has 22 heavy (non-hydrogen) atoms. The number of rotatable bonds is 2. The van der Waals surface area contributed by atoms with E-state index in [2.05, 4.69) is 24.2 Å². The standard InChI is InChI=1S/C16H16Cl2N2O2/c1-15(2)9-22-13-8-10(5-6-11(13)15)20-14(21)12-4-3-7-19-16(12,17)18/h3-8,12H,9H2,1-2H3,(H,20,21). The van der Waals surface area contributed by atoms with Gasteiger partial charge >= 0.3 is 0 Å². The topological polar surface area (TPSA) is 50.7 Å². The van der Waals surface area contributed by atoms with Crippen molar-refractivity contribution >= 4 is 41.0 Å². The van der Waals surface area contributed by atoms with Crippen molar-refractivity contribution in [3.63, 3.8) is 0 Å². The van der Waals surface area contributed by atoms with Gasteiger partial charge in [-0.05, 0) is 12.1 Å². The summed E-state index contributed by atoms with van der Waals surface area (Å²) in [4.78, 5) is 16.3. The molecule has 0 saturated carbocycles. The first-order valence-electron chi connectivity index (χ1n) is 6.98. The molecule has 2 heterocycles. The summed E-state index contributed by atoms with van der Waals surface area (Å²) in [6.45, 7) is 4.88. The fourth-order valence-corrected chi connectivity index (χ4v) is 3.04. The van der Waals surface area contributed by atoms with Crippen LogP contribution >= 0.6 is 23.2 Å². The smallest absolute Gasteiger partial charge is 0.236 e. The van der Waals surface area contributed by atoms with E-state index >= 15 is 0 Å². The molecule has 1 aromatic carbocycles. The van der Waals surface area contributed by atoms with Gasteiger partial charge in [0.15, 0.2) is 0 Å². The highest BCUT2D eigenvalue weighted by Gasteiger charge is 2.39. The molecule has 0 radical (unpaired) electrons. The van der Waals surface area contributed by atoms with Crippen molar-refractivity contribution in [1.82, 2.24) is 0 Å². The Morgan fingerprint density at radius 1 is 1.41 bits per heavy atom. The van der Waals surface area contributed by atoms with Crippen molar-refractivity contribution in [2.24, 2.45) is 10.9 Å². The average molecular weight is 339 g/mol. The van der Waals surface area contributed by atoms with Crippen molar-refractivity contribution < 1.29 is 9.53 Å². The van der Waals surface area contributed by atoms with Crippen LogP contribution in [0.4, 0.5) is 5.69 Å². The maximum absolute atomic E-state index is 12.4. The fraction of sp³-hybridized carbons (Fsp3) is 0.375. The Morgan fingerprint density at radius 3 is 2.91 bits per heavy atom. The minimum atomic E-state index is -1.48. The number of allylic oxidation sites excluding steroid dienone is 1. The summed E-state index contributed by atoms with van der Waals surface area (Å²) < 4.78 is 4.20. The maximum Gasteiger partial charge on any atom is 0.236 e. The van der Waals surface area contributed by atoms with Crippen LogP contribution in [-0.4, -0.2) is 23.2 Å². The number of amides is 1. The van der Waals surface area contributed by atoms with Crippen LogP contribution in [0.3, 0.4) is 0 Å². The number of alkyl halides is 2. The number of carbonyl (C=O) groups is 1. The number of benzene rings is 1. The molecule has 0 spiro atoms. The van der Waals surface area contributed by atoms with Crippen LogP contribution in [0.1, 0.15) is 19.4 Å². The van der Waals surface area contributed by atoms with Gasteiger partial charge in [0.25, 0.3) is 0 Å². The molecule has 4 nitrogen and oxygen atoms in total. The van der Waals surface area contributed by atoms with Crippen LogP contribution in [0.25, 0.3) is 0 Å². The van der Waals surface area contributed by atoms with Crippen molar-refractivity contribution in [1.29, 1.82) is 0 Å². The van der Waals surface area contributed by atoms with Gasteiger partial charge in [0.1, 0.15) is 11.7 Å². The quantitative estimate of drug-likeness (QED) is 0.660. The van der Waals surface area contributed by atoms with Crippen LogP contribution in [0.2, 0.25) is 0 Å². The highest BCUT2D eigenvalue weighted by atomic mass is 35.5. The van der Waals surface area contributed by atoms with Gasteiger partial charge in [-0.3, -0.25) is 9.79 Å². The van der Waals surface area contributed by atoms with Crippen LogP contribution in [0, 0.1) is 5.92 Å². The van der Waals surface area contributed by atoms with Crippen molar-refractivity contribution in [3.05, 3.63) is 35.9 Å². The zero-order valence-corrected chi connectivity index (χ0v) is 13.8. The number of carbonyl (C=O) groups excluding carboxylic acids is 1. The average Bonchev–Trinajstić information content (AvgIpc) is 2.73. The minimum Gasteiger partial charge on any atom is -0.492 e. The van der Waals surface area contributed by atoms with E-state index in [1.807, 2.05) is 18.2 Å². The highest BCUT2D eigenvalue weighted by molar-refractivity contribution is 6.50. The molecule has 2 aliphatic heterocycles. The predicted molar refractivity (Wildman–Crippen MR) is 89.2 cm³/mol. The SMILES string of the molecule is CC1(C)COc2cc(NC(=O)C3C=CC=NC3(Cl)Cl)ccc21. The van der Waals surface area contributed by atoms with Gasteiger partial charge in [-0.15, -0.1) is 0 Å². The molecule has 1 N–H and O–H groups in total. The van der Waals surface area contributed by atoms with E-state index in [-0.39, 0.29) is 11.3 Å². The van der Waals surface area contributed by atoms with Gasteiger partial charge in [0.2, 0.25) is 10.4 Å². The maximum atomic E-state index is 12.4. The summed E-state index contributed by atoms with van der Waals surface area (Å²) in [6.07, 6.45) is 4.77. The lowest BCUT2D eigenvalue weighted by atomic mass is 9.87. The van der Waals surface area contributed by atoms with Gasteiger partial charge < -0.3 is 10.1 Å². The zero-order valence-electron chi connectivity index (χ0n) is 12.3. The van der Waals surface area contributed by atoms with E-state index in [4.69, 9.17) is 27.9 Å². The fourth-order valence-electron chi connectivity index (χ4n) is 2.58. The number of hydrogen-bond donors (Lipinski definition) is 1.